The Kier molecular flexibility index (Phi) is 4.48. The van der Waals surface area contributed by atoms with Gasteiger partial charge in [0.1, 0.15) is 0 Å². The lowest BCUT2D eigenvalue weighted by Gasteiger charge is -2.03. The van der Waals surface area contributed by atoms with Crippen molar-refractivity contribution < 1.29 is 0 Å². The number of hydrogen-bond acceptors (Lipinski definition) is 2. The van der Waals surface area contributed by atoms with Crippen LogP contribution in [0.4, 0.5) is 0 Å². The van der Waals surface area contributed by atoms with E-state index in [-0.39, 0.29) is 12.1 Å². The van der Waals surface area contributed by atoms with Crippen molar-refractivity contribution in [3.05, 3.63) is 69.6 Å². The van der Waals surface area contributed by atoms with Crippen molar-refractivity contribution in [3.63, 3.8) is 0 Å². The molecule has 3 nitrogen and oxygen atoms in total. The molecule has 0 unspecified atom stereocenters. The zero-order chi connectivity index (χ0) is 14.5. The fraction of sp³-hybridized carbons (Fsp3) is 0.125. The molecule has 0 aliphatic carbocycles. The molecule has 2 N–H and O–H groups in total. The molecule has 0 fully saturated rings. The Morgan fingerprint density at radius 2 is 1.85 bits per heavy atom. The second-order valence-corrected chi connectivity index (χ2v) is 5.16. The minimum absolute atomic E-state index is 0.108. The number of thiocarbonyl (C=S) groups is 1. The molecule has 0 atom stereocenters. The topological polar surface area (TPSA) is 48.0 Å². The lowest BCUT2D eigenvalue weighted by Crippen LogP contribution is -2.25. The van der Waals surface area contributed by atoms with Gasteiger partial charge in [0, 0.05) is 12.3 Å². The molecule has 20 heavy (non-hydrogen) atoms. The van der Waals surface area contributed by atoms with Crippen LogP contribution in [0.1, 0.15) is 16.7 Å². The highest BCUT2D eigenvalue weighted by Gasteiger charge is 1.98. The number of nitrogens with two attached hydrogens (primary N) is 1. The molecule has 0 amide bonds. The van der Waals surface area contributed by atoms with E-state index < -0.39 is 0 Å². The predicted octanol–water partition coefficient (Wildman–Crippen LogP) is 2.61. The number of aryl methyl sites for hydroxylation is 1. The first kappa shape index (κ1) is 14.2. The highest BCUT2D eigenvalue weighted by Crippen LogP contribution is 2.08. The Balaban J connectivity index is 2.18. The Hall–Kier alpha value is -2.20. The summed E-state index contributed by atoms with van der Waals surface area (Å²) in [7, 11) is 0. The molecule has 0 saturated heterocycles. The van der Waals surface area contributed by atoms with E-state index in [1.54, 1.807) is 12.3 Å². The Morgan fingerprint density at radius 3 is 2.45 bits per heavy atom. The minimum Gasteiger partial charge on any atom is -0.392 e. The smallest absolute Gasteiger partial charge is 0.251 e. The fourth-order valence-corrected chi connectivity index (χ4v) is 1.93. The molecule has 2 aromatic rings. The van der Waals surface area contributed by atoms with Crippen LogP contribution in [0.15, 0.2) is 47.4 Å². The van der Waals surface area contributed by atoms with Crippen LogP contribution in [0.3, 0.4) is 0 Å². The first-order valence-electron chi connectivity index (χ1n) is 6.28. The predicted molar refractivity (Wildman–Crippen MR) is 87.6 cm³/mol. The van der Waals surface area contributed by atoms with Crippen LogP contribution in [0.5, 0.6) is 0 Å². The summed E-state index contributed by atoms with van der Waals surface area (Å²) < 4.78 is 1.49. The van der Waals surface area contributed by atoms with Crippen molar-refractivity contribution in [1.82, 2.24) is 4.57 Å². The molecule has 102 valence electrons. The Bertz CT molecular complexity index is 699. The van der Waals surface area contributed by atoms with E-state index in [9.17, 15) is 4.79 Å². The van der Waals surface area contributed by atoms with Gasteiger partial charge in [-0.3, -0.25) is 4.79 Å². The number of pyridine rings is 1. The van der Waals surface area contributed by atoms with E-state index in [1.165, 1.54) is 10.1 Å². The second-order valence-electron chi connectivity index (χ2n) is 4.64. The van der Waals surface area contributed by atoms with Gasteiger partial charge in [-0.25, -0.2) is 0 Å². The summed E-state index contributed by atoms with van der Waals surface area (Å²) in [6.07, 6.45) is 5.60. The summed E-state index contributed by atoms with van der Waals surface area (Å²) >= 11 is 4.80. The van der Waals surface area contributed by atoms with Crippen molar-refractivity contribution >= 4 is 29.4 Å². The standard InChI is InChI=1S/C16H16N2OS/c1-12-2-4-13(5-3-12)6-7-14-8-9-18(11-15(17)20)16(19)10-14/h2-10H,11H2,1H3,(H2,17,20)/b7-6+. The maximum atomic E-state index is 11.8. The van der Waals surface area contributed by atoms with E-state index in [1.807, 2.05) is 30.4 Å². The molecule has 4 heteroatoms. The summed E-state index contributed by atoms with van der Waals surface area (Å²) in [5, 5.41) is 0. The van der Waals surface area contributed by atoms with Gasteiger partial charge in [0.15, 0.2) is 0 Å². The molecule has 0 bridgehead atoms. The van der Waals surface area contributed by atoms with Gasteiger partial charge in [-0.05, 0) is 24.1 Å². The van der Waals surface area contributed by atoms with Crippen LogP contribution < -0.4 is 11.3 Å². The number of nitrogens with zero attached hydrogens (tertiary/aromatic N) is 1. The van der Waals surface area contributed by atoms with Crippen LogP contribution in [-0.2, 0) is 6.54 Å². The lowest BCUT2D eigenvalue weighted by atomic mass is 10.1. The zero-order valence-corrected chi connectivity index (χ0v) is 12.1. The first-order valence-corrected chi connectivity index (χ1v) is 6.69. The largest absolute Gasteiger partial charge is 0.392 e. The van der Waals surface area contributed by atoms with Gasteiger partial charge in [-0.15, -0.1) is 0 Å². The molecule has 1 heterocycles. The van der Waals surface area contributed by atoms with Gasteiger partial charge in [-0.2, -0.15) is 0 Å². The van der Waals surface area contributed by atoms with Gasteiger partial charge in [0.05, 0.1) is 11.5 Å². The number of hydrogen-bond donors (Lipinski definition) is 1. The van der Waals surface area contributed by atoms with Crippen molar-refractivity contribution in [2.45, 2.75) is 13.5 Å². The number of benzene rings is 1. The van der Waals surface area contributed by atoms with Gasteiger partial charge >= 0.3 is 0 Å². The highest BCUT2D eigenvalue weighted by atomic mass is 32.1. The van der Waals surface area contributed by atoms with Crippen molar-refractivity contribution in [3.8, 4) is 0 Å². The molecule has 1 aromatic carbocycles. The monoisotopic (exact) mass is 284 g/mol. The average molecular weight is 284 g/mol. The first-order chi connectivity index (χ1) is 9.54. The SMILES string of the molecule is Cc1ccc(/C=C/c2ccn(CC(N)=S)c(=O)c2)cc1. The zero-order valence-electron chi connectivity index (χ0n) is 11.2. The number of aromatic nitrogens is 1. The Morgan fingerprint density at radius 1 is 1.20 bits per heavy atom. The van der Waals surface area contributed by atoms with Crippen LogP contribution in [0.25, 0.3) is 12.2 Å². The highest BCUT2D eigenvalue weighted by molar-refractivity contribution is 7.80. The van der Waals surface area contributed by atoms with Gasteiger partial charge in [-0.1, -0.05) is 54.2 Å². The van der Waals surface area contributed by atoms with E-state index in [0.717, 1.165) is 11.1 Å². The normalized spacial score (nSPS) is 10.8. The maximum Gasteiger partial charge on any atom is 0.251 e. The third kappa shape index (κ3) is 3.90. The minimum atomic E-state index is -0.108. The second kappa shape index (κ2) is 6.30. The van der Waals surface area contributed by atoms with Crippen molar-refractivity contribution in [2.24, 2.45) is 5.73 Å². The van der Waals surface area contributed by atoms with Gasteiger partial charge in [0.25, 0.3) is 5.56 Å². The van der Waals surface area contributed by atoms with Crippen LogP contribution in [0, 0.1) is 6.92 Å². The van der Waals surface area contributed by atoms with Gasteiger partial charge < -0.3 is 10.3 Å². The Labute approximate surface area is 123 Å². The summed E-state index contributed by atoms with van der Waals surface area (Å²) in [6.45, 7) is 2.32. The number of rotatable bonds is 4. The van der Waals surface area contributed by atoms with Crippen LogP contribution in [0.2, 0.25) is 0 Å². The molecule has 0 saturated carbocycles. The summed E-state index contributed by atoms with van der Waals surface area (Å²) in [4.78, 5) is 12.1. The average Bonchev–Trinajstić information content (AvgIpc) is 2.40. The van der Waals surface area contributed by atoms with Crippen molar-refractivity contribution in [1.29, 1.82) is 0 Å². The van der Waals surface area contributed by atoms with Crippen LogP contribution >= 0.6 is 12.2 Å². The summed E-state index contributed by atoms with van der Waals surface area (Å²) in [5.41, 5.74) is 8.51. The third-order valence-electron chi connectivity index (χ3n) is 2.89. The van der Waals surface area contributed by atoms with Crippen molar-refractivity contribution in [2.75, 3.05) is 0 Å². The molecule has 1 aromatic heterocycles. The van der Waals surface area contributed by atoms with E-state index in [0.29, 0.717) is 4.99 Å². The summed E-state index contributed by atoms with van der Waals surface area (Å²) in [6, 6.07) is 11.6. The van der Waals surface area contributed by atoms with Gasteiger partial charge in [0.2, 0.25) is 0 Å². The molecule has 0 radical (unpaired) electrons. The molecule has 2 rings (SSSR count). The molecule has 0 aliphatic heterocycles. The molecule has 0 spiro atoms. The van der Waals surface area contributed by atoms with E-state index in [2.05, 4.69) is 19.1 Å². The quantitative estimate of drug-likeness (QED) is 0.878. The fourth-order valence-electron chi connectivity index (χ4n) is 1.80. The van der Waals surface area contributed by atoms with Crippen LogP contribution in [-0.4, -0.2) is 9.56 Å². The summed E-state index contributed by atoms with van der Waals surface area (Å²) in [5.74, 6) is 0. The molecular weight excluding hydrogens is 268 g/mol. The van der Waals surface area contributed by atoms with E-state index in [4.69, 9.17) is 18.0 Å². The van der Waals surface area contributed by atoms with E-state index >= 15 is 0 Å². The maximum absolute atomic E-state index is 11.8. The molecule has 0 aliphatic rings. The lowest BCUT2D eigenvalue weighted by molar-refractivity contribution is 0.807. The third-order valence-corrected chi connectivity index (χ3v) is 3.02. The molecular formula is C16H16N2OS.